The fraction of sp³-hybridized carbons (Fsp3) is 0.286. The van der Waals surface area contributed by atoms with E-state index in [1.807, 2.05) is 48.5 Å². The van der Waals surface area contributed by atoms with Crippen molar-refractivity contribution in [2.45, 2.75) is 38.1 Å². The van der Waals surface area contributed by atoms with Crippen LogP contribution in [-0.2, 0) is 0 Å². The van der Waals surface area contributed by atoms with Gasteiger partial charge in [-0.25, -0.2) is 4.68 Å². The Hall–Kier alpha value is -2.47. The van der Waals surface area contributed by atoms with E-state index >= 15 is 0 Å². The summed E-state index contributed by atoms with van der Waals surface area (Å²) < 4.78 is 2.81. The van der Waals surface area contributed by atoms with Gasteiger partial charge in [0.15, 0.2) is 0 Å². The summed E-state index contributed by atoms with van der Waals surface area (Å²) in [7, 11) is 0. The molecule has 0 aliphatic heterocycles. The number of aromatic nitrogens is 3. The van der Waals surface area contributed by atoms with Crippen LogP contribution in [0.25, 0.3) is 16.9 Å². The van der Waals surface area contributed by atoms with E-state index in [1.54, 1.807) is 10.9 Å². The molecule has 3 aromatic rings. The number of carbonyl (C=O) groups is 1. The molecule has 1 fully saturated rings. The van der Waals surface area contributed by atoms with Gasteiger partial charge in [-0.3, -0.25) is 4.79 Å². The Morgan fingerprint density at radius 3 is 2.41 bits per heavy atom. The molecule has 0 radical (unpaired) electrons. The molecule has 1 aliphatic rings. The van der Waals surface area contributed by atoms with Crippen LogP contribution in [0.1, 0.15) is 42.5 Å². The molecular weight excluding hydrogens is 404 g/mol. The van der Waals surface area contributed by atoms with Crippen LogP contribution in [-0.4, -0.2) is 26.9 Å². The lowest BCUT2D eigenvalue weighted by Crippen LogP contribution is -2.36. The molecule has 5 nitrogen and oxygen atoms in total. The summed E-state index contributed by atoms with van der Waals surface area (Å²) >= 11 is 3.45. The van der Waals surface area contributed by atoms with Gasteiger partial charge in [0.2, 0.25) is 0 Å². The Kier molecular flexibility index (Phi) is 5.34. The van der Waals surface area contributed by atoms with Gasteiger partial charge in [0.25, 0.3) is 5.91 Å². The number of hydrogen-bond acceptors (Lipinski definition) is 3. The third kappa shape index (κ3) is 4.11. The Morgan fingerprint density at radius 1 is 1.00 bits per heavy atom. The van der Waals surface area contributed by atoms with Gasteiger partial charge in [0, 0.05) is 21.6 Å². The maximum absolute atomic E-state index is 12.5. The van der Waals surface area contributed by atoms with Crippen LogP contribution >= 0.6 is 15.9 Å². The summed E-state index contributed by atoms with van der Waals surface area (Å²) in [5.74, 6) is 0.000161. The first kappa shape index (κ1) is 17.9. The van der Waals surface area contributed by atoms with Crippen LogP contribution in [0.2, 0.25) is 0 Å². The van der Waals surface area contributed by atoms with Crippen molar-refractivity contribution < 1.29 is 4.79 Å². The molecule has 1 amide bonds. The maximum atomic E-state index is 12.5. The van der Waals surface area contributed by atoms with E-state index in [1.165, 1.54) is 19.3 Å². The van der Waals surface area contributed by atoms with Crippen LogP contribution in [0, 0.1) is 0 Å². The monoisotopic (exact) mass is 424 g/mol. The van der Waals surface area contributed by atoms with Gasteiger partial charge in [-0.05, 0) is 49.2 Å². The first-order chi connectivity index (χ1) is 13.2. The summed E-state index contributed by atoms with van der Waals surface area (Å²) in [6.07, 6.45) is 7.59. The molecule has 4 rings (SSSR count). The molecule has 6 heteroatoms. The number of amides is 1. The molecule has 0 atom stereocenters. The zero-order valence-electron chi connectivity index (χ0n) is 14.9. The number of halogens is 1. The average molecular weight is 425 g/mol. The first-order valence-electron chi connectivity index (χ1n) is 9.29. The zero-order chi connectivity index (χ0) is 18.6. The van der Waals surface area contributed by atoms with E-state index in [-0.39, 0.29) is 5.91 Å². The van der Waals surface area contributed by atoms with E-state index in [2.05, 4.69) is 31.6 Å². The topological polar surface area (TPSA) is 59.8 Å². The van der Waals surface area contributed by atoms with Crippen LogP contribution in [0.15, 0.2) is 59.2 Å². The molecule has 0 unspecified atom stereocenters. The van der Waals surface area contributed by atoms with E-state index in [0.717, 1.165) is 34.3 Å². The second-order valence-corrected chi connectivity index (χ2v) is 7.81. The molecule has 0 saturated heterocycles. The SMILES string of the molecule is O=C(NC1CCCCC1)c1ccc(-n2nncc2-c2ccc(Br)cc2)cc1. The quantitative estimate of drug-likeness (QED) is 0.656. The predicted molar refractivity (Wildman–Crippen MR) is 109 cm³/mol. The standard InChI is InChI=1S/C21H21BrN4O/c22-17-10-6-15(7-11-17)20-14-23-25-26(20)19-12-8-16(9-13-19)21(27)24-18-4-2-1-3-5-18/h6-14,18H,1-5H2,(H,24,27). The summed E-state index contributed by atoms with van der Waals surface area (Å²) in [6.45, 7) is 0. The average Bonchev–Trinajstić information content (AvgIpc) is 3.19. The number of benzene rings is 2. The number of nitrogens with zero attached hydrogens (tertiary/aromatic N) is 3. The van der Waals surface area contributed by atoms with Crippen molar-refractivity contribution in [2.24, 2.45) is 0 Å². The van der Waals surface area contributed by atoms with Gasteiger partial charge in [-0.15, -0.1) is 5.10 Å². The largest absolute Gasteiger partial charge is 0.349 e. The highest BCUT2D eigenvalue weighted by Gasteiger charge is 2.17. The van der Waals surface area contributed by atoms with E-state index in [0.29, 0.717) is 11.6 Å². The summed E-state index contributed by atoms with van der Waals surface area (Å²) in [6, 6.07) is 15.8. The fourth-order valence-corrected chi connectivity index (χ4v) is 3.78. The highest BCUT2D eigenvalue weighted by Crippen LogP contribution is 2.24. The summed E-state index contributed by atoms with van der Waals surface area (Å²) in [5, 5.41) is 11.4. The summed E-state index contributed by atoms with van der Waals surface area (Å²) in [5.41, 5.74) is 3.48. The minimum atomic E-state index is 0.000161. The second kappa shape index (κ2) is 8.05. The maximum Gasteiger partial charge on any atom is 0.251 e. The Bertz CT molecular complexity index is 912. The van der Waals surface area contributed by atoms with Crippen molar-refractivity contribution in [3.8, 4) is 16.9 Å². The minimum Gasteiger partial charge on any atom is -0.349 e. The highest BCUT2D eigenvalue weighted by molar-refractivity contribution is 9.10. The molecule has 0 spiro atoms. The third-order valence-corrected chi connectivity index (χ3v) is 5.53. The molecule has 1 aliphatic carbocycles. The van der Waals surface area contributed by atoms with Crippen LogP contribution in [0.5, 0.6) is 0 Å². The molecule has 1 aromatic heterocycles. The minimum absolute atomic E-state index is 0.000161. The van der Waals surface area contributed by atoms with Crippen molar-refractivity contribution in [3.05, 3.63) is 64.8 Å². The molecule has 0 bridgehead atoms. The number of hydrogen-bond donors (Lipinski definition) is 1. The number of carbonyl (C=O) groups excluding carboxylic acids is 1. The molecular formula is C21H21BrN4O. The van der Waals surface area contributed by atoms with Crippen LogP contribution in [0.4, 0.5) is 0 Å². The van der Waals surface area contributed by atoms with Crippen molar-refractivity contribution in [1.82, 2.24) is 20.3 Å². The first-order valence-corrected chi connectivity index (χ1v) is 10.1. The van der Waals surface area contributed by atoms with Gasteiger partial charge in [-0.1, -0.05) is 52.5 Å². The molecule has 1 heterocycles. The van der Waals surface area contributed by atoms with Gasteiger partial charge in [0.1, 0.15) is 0 Å². The van der Waals surface area contributed by atoms with E-state index < -0.39 is 0 Å². The lowest BCUT2D eigenvalue weighted by molar-refractivity contribution is 0.0927. The zero-order valence-corrected chi connectivity index (χ0v) is 16.5. The van der Waals surface area contributed by atoms with Crippen LogP contribution in [0.3, 0.4) is 0 Å². The van der Waals surface area contributed by atoms with Crippen molar-refractivity contribution in [1.29, 1.82) is 0 Å². The lowest BCUT2D eigenvalue weighted by atomic mass is 9.95. The van der Waals surface area contributed by atoms with Gasteiger partial charge in [-0.2, -0.15) is 0 Å². The van der Waals surface area contributed by atoms with Crippen molar-refractivity contribution in [2.75, 3.05) is 0 Å². The van der Waals surface area contributed by atoms with E-state index in [4.69, 9.17) is 0 Å². The van der Waals surface area contributed by atoms with Gasteiger partial charge < -0.3 is 5.32 Å². The predicted octanol–water partition coefficient (Wildman–Crippen LogP) is 4.76. The van der Waals surface area contributed by atoms with Crippen molar-refractivity contribution >= 4 is 21.8 Å². The Balaban J connectivity index is 1.52. The second-order valence-electron chi connectivity index (χ2n) is 6.89. The molecule has 1 saturated carbocycles. The highest BCUT2D eigenvalue weighted by atomic mass is 79.9. The molecule has 138 valence electrons. The number of nitrogens with one attached hydrogen (secondary N) is 1. The van der Waals surface area contributed by atoms with Crippen LogP contribution < -0.4 is 5.32 Å². The molecule has 2 aromatic carbocycles. The summed E-state index contributed by atoms with van der Waals surface area (Å²) in [4.78, 5) is 12.5. The normalized spacial score (nSPS) is 14.9. The molecule has 1 N–H and O–H groups in total. The number of rotatable bonds is 4. The smallest absolute Gasteiger partial charge is 0.251 e. The fourth-order valence-electron chi connectivity index (χ4n) is 3.51. The van der Waals surface area contributed by atoms with E-state index in [9.17, 15) is 4.79 Å². The third-order valence-electron chi connectivity index (χ3n) is 5.00. The van der Waals surface area contributed by atoms with Gasteiger partial charge >= 0.3 is 0 Å². The Morgan fingerprint density at radius 2 is 1.70 bits per heavy atom. The Labute approximate surface area is 166 Å². The van der Waals surface area contributed by atoms with Gasteiger partial charge in [0.05, 0.1) is 17.6 Å². The van der Waals surface area contributed by atoms with Crippen molar-refractivity contribution in [3.63, 3.8) is 0 Å². The lowest BCUT2D eigenvalue weighted by Gasteiger charge is -2.22. The molecule has 27 heavy (non-hydrogen) atoms.